The van der Waals surface area contributed by atoms with Gasteiger partial charge in [-0.15, -0.1) is 0 Å². The average molecular weight is 592 g/mol. The van der Waals surface area contributed by atoms with Gasteiger partial charge in [0, 0.05) is 12.3 Å². The number of hydrogen-bond acceptors (Lipinski definition) is 9. The summed E-state index contributed by atoms with van der Waals surface area (Å²) in [6.07, 6.45) is -0.296. The minimum Gasteiger partial charge on any atom is -0.483 e. The molecule has 0 spiro atoms. The number of carboxylic acid groups (broad SMARTS) is 1. The first kappa shape index (κ1) is 29.3. The van der Waals surface area contributed by atoms with Gasteiger partial charge in [-0.2, -0.15) is 0 Å². The van der Waals surface area contributed by atoms with Crippen LogP contribution in [-0.4, -0.2) is 91.2 Å². The molecule has 2 aliphatic rings. The summed E-state index contributed by atoms with van der Waals surface area (Å²) in [5.41, 5.74) is 2.32. The minimum absolute atomic E-state index is 0.0245. The van der Waals surface area contributed by atoms with Crippen molar-refractivity contribution < 1.29 is 47.8 Å². The van der Waals surface area contributed by atoms with E-state index in [4.69, 9.17) is 14.4 Å². The smallest absolute Gasteiger partial charge is 0.435 e. The number of imide groups is 1. The van der Waals surface area contributed by atoms with Crippen molar-refractivity contribution in [1.29, 1.82) is 0 Å². The van der Waals surface area contributed by atoms with Gasteiger partial charge in [-0.25, -0.2) is 23.8 Å². The quantitative estimate of drug-likeness (QED) is 0.180. The van der Waals surface area contributed by atoms with Crippen LogP contribution in [0.5, 0.6) is 5.75 Å². The number of aromatic nitrogens is 1. The zero-order chi connectivity index (χ0) is 29.9. The van der Waals surface area contributed by atoms with Crippen LogP contribution in [-0.2, 0) is 25.3 Å². The Kier molecular flexibility index (Phi) is 8.41. The Labute approximate surface area is 231 Å². The van der Waals surface area contributed by atoms with Crippen molar-refractivity contribution in [2.75, 3.05) is 19.7 Å². The summed E-state index contributed by atoms with van der Waals surface area (Å²) < 4.78 is 23.1. The lowest BCUT2D eigenvalue weighted by Gasteiger charge is -2.45. The molecule has 1 aromatic carbocycles. The molecule has 2 aromatic rings. The van der Waals surface area contributed by atoms with E-state index >= 15 is 0 Å². The molecule has 2 unspecified atom stereocenters. The second kappa shape index (κ2) is 11.8. The van der Waals surface area contributed by atoms with Crippen LogP contribution in [0.15, 0.2) is 47.4 Å². The van der Waals surface area contributed by atoms with Crippen molar-refractivity contribution in [3.8, 4) is 5.75 Å². The first-order valence-electron chi connectivity index (χ1n) is 12.0. The number of nitrogens with zero attached hydrogens (tertiary/aromatic N) is 3. The summed E-state index contributed by atoms with van der Waals surface area (Å²) in [4.78, 5) is 86.3. The van der Waals surface area contributed by atoms with E-state index in [1.54, 1.807) is 0 Å². The van der Waals surface area contributed by atoms with Gasteiger partial charge in [-0.05, 0) is 12.5 Å². The van der Waals surface area contributed by atoms with Crippen LogP contribution in [0.4, 0.5) is 9.59 Å². The third kappa shape index (κ3) is 6.37. The maximum atomic E-state index is 12.6. The number of aromatic amines is 1. The largest absolute Gasteiger partial charge is 0.483 e. The molecule has 41 heavy (non-hydrogen) atoms. The molecule has 0 saturated carbocycles. The molecule has 218 valence electrons. The maximum absolute atomic E-state index is 12.6. The highest BCUT2D eigenvalue weighted by atomic mass is 31.2. The van der Waals surface area contributed by atoms with Gasteiger partial charge in [0.25, 0.3) is 17.7 Å². The summed E-state index contributed by atoms with van der Waals surface area (Å²) in [6.45, 7) is 0.0296. The number of urea groups is 1. The molecular formula is C23H25N6O11P. The van der Waals surface area contributed by atoms with Gasteiger partial charge in [0.1, 0.15) is 24.9 Å². The number of ether oxygens (including phenoxy) is 1. The van der Waals surface area contributed by atoms with Crippen molar-refractivity contribution in [2.24, 2.45) is 0 Å². The zero-order valence-corrected chi connectivity index (χ0v) is 22.3. The molecule has 18 heteroatoms. The number of β-lactam (4-membered cyclic amide) rings is 1. The highest BCUT2D eigenvalue weighted by Crippen LogP contribution is 2.52. The lowest BCUT2D eigenvalue weighted by molar-refractivity contribution is -0.143. The number of carbonyl (C=O) groups excluding carboxylic acids is 4. The SMILES string of the molecule is C[C@H]1C(NC(=O)O)C(=O)N1P(=O)(O)OCC(=O)N1CCN(NC(=O)c2cc(=O)c(OCc3ccccc3)c[nH]2)C1=O. The van der Waals surface area contributed by atoms with Gasteiger partial charge < -0.3 is 25.0 Å². The van der Waals surface area contributed by atoms with Gasteiger partial charge in [0.2, 0.25) is 5.43 Å². The van der Waals surface area contributed by atoms with Crippen molar-refractivity contribution in [3.05, 3.63) is 64.1 Å². The van der Waals surface area contributed by atoms with E-state index in [-0.39, 0.29) is 31.1 Å². The molecular weight excluding hydrogens is 567 g/mol. The molecule has 6 amide bonds. The molecule has 2 fully saturated rings. The summed E-state index contributed by atoms with van der Waals surface area (Å²) in [5, 5.41) is 11.4. The van der Waals surface area contributed by atoms with Crippen LogP contribution >= 0.6 is 7.75 Å². The number of amides is 6. The molecule has 0 bridgehead atoms. The third-order valence-electron chi connectivity index (χ3n) is 6.17. The molecule has 3 atom stereocenters. The Hall–Kier alpha value is -4.73. The van der Waals surface area contributed by atoms with Gasteiger partial charge in [0.15, 0.2) is 5.75 Å². The lowest BCUT2D eigenvalue weighted by atomic mass is 10.0. The molecule has 0 radical (unpaired) electrons. The predicted molar refractivity (Wildman–Crippen MR) is 136 cm³/mol. The Morgan fingerprint density at radius 3 is 2.49 bits per heavy atom. The third-order valence-corrected chi connectivity index (χ3v) is 7.74. The Morgan fingerprint density at radius 1 is 1.15 bits per heavy atom. The first-order valence-corrected chi connectivity index (χ1v) is 13.5. The number of benzene rings is 1. The summed E-state index contributed by atoms with van der Waals surface area (Å²) >= 11 is 0. The topological polar surface area (TPSA) is 228 Å². The number of pyridine rings is 1. The fourth-order valence-electron chi connectivity index (χ4n) is 4.05. The van der Waals surface area contributed by atoms with E-state index < -0.39 is 61.7 Å². The Bertz CT molecular complexity index is 1480. The van der Waals surface area contributed by atoms with Crippen molar-refractivity contribution in [1.82, 2.24) is 30.3 Å². The van der Waals surface area contributed by atoms with Gasteiger partial charge >= 0.3 is 19.9 Å². The van der Waals surface area contributed by atoms with E-state index in [1.807, 2.05) is 35.6 Å². The van der Waals surface area contributed by atoms with E-state index in [0.717, 1.165) is 16.6 Å². The monoisotopic (exact) mass is 592 g/mol. The van der Waals surface area contributed by atoms with E-state index in [9.17, 15) is 38.2 Å². The molecule has 4 rings (SSSR count). The van der Waals surface area contributed by atoms with Gasteiger partial charge in [-0.3, -0.25) is 34.0 Å². The zero-order valence-electron chi connectivity index (χ0n) is 21.4. The van der Waals surface area contributed by atoms with Gasteiger partial charge in [-0.1, -0.05) is 30.3 Å². The van der Waals surface area contributed by atoms with Crippen LogP contribution < -0.4 is 20.9 Å². The number of hydrogen-bond donors (Lipinski definition) is 5. The summed E-state index contributed by atoms with van der Waals surface area (Å²) in [6, 6.07) is 6.84. The normalized spacial score (nSPS) is 19.8. The van der Waals surface area contributed by atoms with Crippen LogP contribution in [0.3, 0.4) is 0 Å². The number of carbonyl (C=O) groups is 5. The molecule has 17 nitrogen and oxygen atoms in total. The molecule has 3 heterocycles. The fourth-order valence-corrected chi connectivity index (χ4v) is 5.42. The molecule has 2 saturated heterocycles. The van der Waals surface area contributed by atoms with E-state index in [0.29, 0.717) is 9.57 Å². The van der Waals surface area contributed by atoms with Crippen LogP contribution in [0, 0.1) is 0 Å². The fraction of sp³-hybridized carbons (Fsp3) is 0.304. The highest BCUT2D eigenvalue weighted by molar-refractivity contribution is 7.51. The van der Waals surface area contributed by atoms with Gasteiger partial charge in [0.05, 0.1) is 19.1 Å². The second-order valence-corrected chi connectivity index (χ2v) is 10.6. The molecule has 5 N–H and O–H groups in total. The number of rotatable bonds is 10. The van der Waals surface area contributed by atoms with Crippen LogP contribution in [0.25, 0.3) is 0 Å². The number of hydrazine groups is 1. The van der Waals surface area contributed by atoms with Crippen LogP contribution in [0.1, 0.15) is 23.0 Å². The van der Waals surface area contributed by atoms with Crippen LogP contribution in [0.2, 0.25) is 0 Å². The van der Waals surface area contributed by atoms with Crippen molar-refractivity contribution >= 4 is 37.6 Å². The molecule has 1 aromatic heterocycles. The molecule has 0 aliphatic carbocycles. The first-order chi connectivity index (χ1) is 19.4. The number of H-pyrrole nitrogens is 1. The second-order valence-electron chi connectivity index (χ2n) is 8.88. The minimum atomic E-state index is -4.85. The summed E-state index contributed by atoms with van der Waals surface area (Å²) in [5.74, 6) is -2.93. The lowest BCUT2D eigenvalue weighted by Crippen LogP contribution is -2.68. The average Bonchev–Trinajstić information content (AvgIpc) is 3.29. The maximum Gasteiger partial charge on any atom is 0.435 e. The summed E-state index contributed by atoms with van der Waals surface area (Å²) in [7, 11) is -4.85. The molecule has 2 aliphatic heterocycles. The Morgan fingerprint density at radius 2 is 1.85 bits per heavy atom. The van der Waals surface area contributed by atoms with Crippen molar-refractivity contribution in [3.63, 3.8) is 0 Å². The van der Waals surface area contributed by atoms with E-state index in [2.05, 4.69) is 10.4 Å². The van der Waals surface area contributed by atoms with Crippen molar-refractivity contribution in [2.45, 2.75) is 25.6 Å². The predicted octanol–water partition coefficient (Wildman–Crippen LogP) is -0.153. The standard InChI is InChI=1S/C23H25N6O11P/c1-13-19(25-22(34)35)21(33)29(13)41(37,38)40-12-18(31)27-7-8-28(23(27)36)26-20(32)15-9-16(30)17(10-24-15)39-11-14-5-3-2-4-6-14/h2-6,9-10,13,19,25H,7-8,11-12H2,1H3,(H,24,30)(H,26,32)(H,34,35)(H,37,38)/t13-,19?/m0/s1. The van der Waals surface area contributed by atoms with E-state index in [1.165, 1.54) is 13.1 Å². The highest BCUT2D eigenvalue weighted by Gasteiger charge is 2.54. The number of nitrogens with one attached hydrogen (secondary N) is 3. The Balaban J connectivity index is 1.28.